The molecule has 0 aliphatic carbocycles. The fourth-order valence-electron chi connectivity index (χ4n) is 1.61. The molecular weight excluding hydrogens is 256 g/mol. The third-order valence-corrected chi connectivity index (χ3v) is 2.47. The molecule has 2 aromatic heterocycles. The van der Waals surface area contributed by atoms with Crippen molar-refractivity contribution in [2.24, 2.45) is 0 Å². The maximum Gasteiger partial charge on any atom is 0.0267 e. The topological polar surface area (TPSA) is 28.7 Å². The van der Waals surface area contributed by atoms with Crippen molar-refractivity contribution < 1.29 is 0 Å². The molecule has 3 aromatic rings. The molecule has 19 heavy (non-hydrogen) atoms. The highest BCUT2D eigenvalue weighted by molar-refractivity contribution is 5.85. The number of pyridine rings is 1. The zero-order valence-corrected chi connectivity index (χ0v) is 11.4. The molecule has 3 heteroatoms. The first-order chi connectivity index (χ1) is 8.95. The van der Waals surface area contributed by atoms with E-state index < -0.39 is 0 Å². The number of aromatic amines is 1. The normalized spacial score (nSPS) is 8.84. The molecule has 98 valence electrons. The molecule has 0 radical (unpaired) electrons. The Morgan fingerprint density at radius 3 is 1.95 bits per heavy atom. The van der Waals surface area contributed by atoms with Crippen molar-refractivity contribution in [3.05, 3.63) is 90.5 Å². The fourth-order valence-corrected chi connectivity index (χ4v) is 1.61. The van der Waals surface area contributed by atoms with Gasteiger partial charge in [0.1, 0.15) is 0 Å². The summed E-state index contributed by atoms with van der Waals surface area (Å²) in [6.45, 7) is 0. The summed E-state index contributed by atoms with van der Waals surface area (Å²) in [6.07, 6.45) is 6.45. The number of rotatable bonds is 2. The van der Waals surface area contributed by atoms with E-state index in [9.17, 15) is 0 Å². The summed E-state index contributed by atoms with van der Waals surface area (Å²) in [4.78, 5) is 6.97. The van der Waals surface area contributed by atoms with Gasteiger partial charge < -0.3 is 4.98 Å². The average molecular weight is 273 g/mol. The van der Waals surface area contributed by atoms with Crippen LogP contribution in [0.4, 0.5) is 0 Å². The van der Waals surface area contributed by atoms with E-state index in [2.05, 4.69) is 40.3 Å². The molecular formula is C16H17ClN2. The van der Waals surface area contributed by atoms with Gasteiger partial charge in [0.05, 0.1) is 0 Å². The first-order valence-corrected chi connectivity index (χ1v) is 5.96. The summed E-state index contributed by atoms with van der Waals surface area (Å²) in [5.74, 6) is 0. The second kappa shape index (κ2) is 8.95. The number of hydrogen-bond acceptors (Lipinski definition) is 1. The minimum Gasteiger partial charge on any atom is -0.365 e. The van der Waals surface area contributed by atoms with E-state index in [0.29, 0.717) is 0 Å². The number of nitrogens with one attached hydrogen (secondary N) is 1. The van der Waals surface area contributed by atoms with Crippen molar-refractivity contribution in [2.45, 2.75) is 6.42 Å². The van der Waals surface area contributed by atoms with Gasteiger partial charge in [-0.1, -0.05) is 36.4 Å². The Kier molecular flexibility index (Phi) is 7.06. The van der Waals surface area contributed by atoms with Gasteiger partial charge in [0.25, 0.3) is 0 Å². The van der Waals surface area contributed by atoms with Crippen LogP contribution in [0.25, 0.3) is 0 Å². The Bertz CT molecular complexity index is 495. The number of hydrogen-bond donors (Lipinski definition) is 1. The summed E-state index contributed by atoms with van der Waals surface area (Å²) in [7, 11) is 0. The van der Waals surface area contributed by atoms with Crippen LogP contribution in [-0.2, 0) is 6.42 Å². The molecule has 0 atom stereocenters. The third-order valence-electron chi connectivity index (χ3n) is 2.47. The van der Waals surface area contributed by atoms with Crippen LogP contribution < -0.4 is 0 Å². The van der Waals surface area contributed by atoms with E-state index in [1.54, 1.807) is 12.4 Å². The molecule has 0 aliphatic heterocycles. The van der Waals surface area contributed by atoms with Gasteiger partial charge in [-0.25, -0.2) is 0 Å². The lowest BCUT2D eigenvalue weighted by Crippen LogP contribution is -1.86. The van der Waals surface area contributed by atoms with Gasteiger partial charge in [-0.15, -0.1) is 12.4 Å². The summed E-state index contributed by atoms with van der Waals surface area (Å²) in [6, 6.07) is 20.3. The smallest absolute Gasteiger partial charge is 0.0267 e. The van der Waals surface area contributed by atoms with Crippen LogP contribution in [0.1, 0.15) is 11.3 Å². The van der Waals surface area contributed by atoms with Crippen molar-refractivity contribution in [2.75, 3.05) is 0 Å². The Hall–Kier alpha value is -2.06. The van der Waals surface area contributed by atoms with Crippen molar-refractivity contribution in [1.82, 2.24) is 9.97 Å². The minimum atomic E-state index is 0. The number of H-pyrrole nitrogens is 1. The molecule has 2 nitrogen and oxygen atoms in total. The number of nitrogens with zero attached hydrogens (tertiary/aromatic N) is 1. The molecule has 0 spiro atoms. The highest BCUT2D eigenvalue weighted by Gasteiger charge is 1.93. The third kappa shape index (κ3) is 5.89. The summed E-state index contributed by atoms with van der Waals surface area (Å²) in [5.41, 5.74) is 2.61. The number of benzene rings is 1. The van der Waals surface area contributed by atoms with Crippen LogP contribution in [0.15, 0.2) is 79.3 Å². The molecule has 0 amide bonds. The molecule has 1 N–H and O–H groups in total. The van der Waals surface area contributed by atoms with Crippen molar-refractivity contribution >= 4 is 12.4 Å². The maximum atomic E-state index is 3.78. The zero-order valence-electron chi connectivity index (χ0n) is 10.6. The van der Waals surface area contributed by atoms with Crippen LogP contribution in [0, 0.1) is 0 Å². The van der Waals surface area contributed by atoms with E-state index >= 15 is 0 Å². The van der Waals surface area contributed by atoms with Gasteiger partial charge in [0.15, 0.2) is 0 Å². The fraction of sp³-hybridized carbons (Fsp3) is 0.0625. The standard InChI is InChI=1S/C11H11N.C5H5N.ClH/c1-2-5-10(6-3-1)9-11-7-4-8-12-11;1-2-4-6-5-3-1;/h1-8,12H,9H2;1-5H;1H. The predicted octanol–water partition coefficient (Wildman–Crippen LogP) is 4.11. The zero-order chi connectivity index (χ0) is 12.5. The average Bonchev–Trinajstić information content (AvgIpc) is 2.96. The Morgan fingerprint density at radius 1 is 0.789 bits per heavy atom. The first kappa shape index (κ1) is 15.0. The summed E-state index contributed by atoms with van der Waals surface area (Å²) < 4.78 is 0. The van der Waals surface area contributed by atoms with Crippen molar-refractivity contribution in [3.63, 3.8) is 0 Å². The maximum absolute atomic E-state index is 3.78. The summed E-state index contributed by atoms with van der Waals surface area (Å²) in [5, 5.41) is 0. The molecule has 0 unspecified atom stereocenters. The van der Waals surface area contributed by atoms with Gasteiger partial charge in [0.2, 0.25) is 0 Å². The predicted molar refractivity (Wildman–Crippen MR) is 81.5 cm³/mol. The van der Waals surface area contributed by atoms with E-state index in [0.717, 1.165) is 6.42 Å². The lowest BCUT2D eigenvalue weighted by Gasteiger charge is -1.96. The molecule has 0 fully saturated rings. The quantitative estimate of drug-likeness (QED) is 0.747. The Balaban J connectivity index is 0.000000220. The van der Waals surface area contributed by atoms with E-state index in [1.807, 2.05) is 36.5 Å². The van der Waals surface area contributed by atoms with E-state index in [4.69, 9.17) is 0 Å². The van der Waals surface area contributed by atoms with Crippen LogP contribution in [0.2, 0.25) is 0 Å². The van der Waals surface area contributed by atoms with Gasteiger partial charge >= 0.3 is 0 Å². The van der Waals surface area contributed by atoms with Gasteiger partial charge in [-0.3, -0.25) is 4.98 Å². The molecule has 0 bridgehead atoms. The van der Waals surface area contributed by atoms with E-state index in [-0.39, 0.29) is 12.4 Å². The minimum absolute atomic E-state index is 0. The molecule has 1 aromatic carbocycles. The largest absolute Gasteiger partial charge is 0.365 e. The summed E-state index contributed by atoms with van der Waals surface area (Å²) >= 11 is 0. The number of halogens is 1. The Labute approximate surface area is 119 Å². The lowest BCUT2D eigenvalue weighted by atomic mass is 10.1. The van der Waals surface area contributed by atoms with Crippen molar-refractivity contribution in [3.8, 4) is 0 Å². The van der Waals surface area contributed by atoms with Crippen LogP contribution in [-0.4, -0.2) is 9.97 Å². The van der Waals surface area contributed by atoms with Crippen LogP contribution >= 0.6 is 12.4 Å². The van der Waals surface area contributed by atoms with Gasteiger partial charge in [-0.2, -0.15) is 0 Å². The lowest BCUT2D eigenvalue weighted by molar-refractivity contribution is 1.11. The second-order valence-electron chi connectivity index (χ2n) is 3.88. The molecule has 0 saturated carbocycles. The molecule has 2 heterocycles. The van der Waals surface area contributed by atoms with Crippen LogP contribution in [0.3, 0.4) is 0 Å². The second-order valence-corrected chi connectivity index (χ2v) is 3.88. The molecule has 3 rings (SSSR count). The molecule has 0 aliphatic rings. The monoisotopic (exact) mass is 272 g/mol. The highest BCUT2D eigenvalue weighted by Crippen LogP contribution is 2.05. The van der Waals surface area contributed by atoms with Gasteiger partial charge in [0, 0.05) is 30.7 Å². The molecule has 0 saturated heterocycles. The van der Waals surface area contributed by atoms with E-state index in [1.165, 1.54) is 11.3 Å². The highest BCUT2D eigenvalue weighted by atomic mass is 35.5. The Morgan fingerprint density at radius 2 is 1.47 bits per heavy atom. The SMILES string of the molecule is Cl.c1ccc(Cc2ccc[nH]2)cc1.c1ccncc1. The van der Waals surface area contributed by atoms with Crippen LogP contribution in [0.5, 0.6) is 0 Å². The first-order valence-electron chi connectivity index (χ1n) is 5.96. The van der Waals surface area contributed by atoms with Crippen molar-refractivity contribution in [1.29, 1.82) is 0 Å². The van der Waals surface area contributed by atoms with Gasteiger partial charge in [-0.05, 0) is 29.8 Å². The number of aromatic nitrogens is 2.